The number of hydrogen-bond acceptors (Lipinski definition) is 6. The molecule has 6 heteroatoms. The molecule has 0 aromatic rings. The van der Waals surface area contributed by atoms with Crippen LogP contribution in [0.1, 0.15) is 284 Å². The van der Waals surface area contributed by atoms with Gasteiger partial charge >= 0.3 is 17.9 Å². The molecule has 0 saturated heterocycles. The Kier molecular flexibility index (Phi) is 49.3. The lowest BCUT2D eigenvalue weighted by atomic mass is 10.0. The Morgan fingerprint density at radius 1 is 0.323 bits per heavy atom. The summed E-state index contributed by atoms with van der Waals surface area (Å²) in [4.78, 5) is 37.7. The second kappa shape index (κ2) is 51.3. The zero-order valence-electron chi connectivity index (χ0n) is 41.4. The third kappa shape index (κ3) is 48.7. The lowest BCUT2D eigenvalue weighted by molar-refractivity contribution is -0.167. The van der Waals surface area contributed by atoms with Gasteiger partial charge in [-0.15, -0.1) is 0 Å². The molecule has 0 aliphatic carbocycles. The fourth-order valence-corrected chi connectivity index (χ4v) is 7.80. The number of hydrogen-bond donors (Lipinski definition) is 0. The highest BCUT2D eigenvalue weighted by molar-refractivity contribution is 5.71. The predicted octanol–water partition coefficient (Wildman–Crippen LogP) is 17.7. The van der Waals surface area contributed by atoms with Gasteiger partial charge in [-0.3, -0.25) is 14.4 Å². The minimum Gasteiger partial charge on any atom is -0.462 e. The van der Waals surface area contributed by atoms with E-state index in [-0.39, 0.29) is 31.1 Å². The number of rotatable bonds is 49. The van der Waals surface area contributed by atoms with E-state index in [9.17, 15) is 14.4 Å². The maximum atomic E-state index is 12.7. The van der Waals surface area contributed by atoms with Crippen LogP contribution < -0.4 is 0 Å². The lowest BCUT2D eigenvalue weighted by Gasteiger charge is -2.18. The largest absolute Gasteiger partial charge is 0.462 e. The molecule has 0 fully saturated rings. The molecule has 0 bridgehead atoms. The van der Waals surface area contributed by atoms with Crippen molar-refractivity contribution in [2.75, 3.05) is 13.2 Å². The van der Waals surface area contributed by atoms with Crippen LogP contribution in [0.25, 0.3) is 0 Å². The summed E-state index contributed by atoms with van der Waals surface area (Å²) in [6.45, 7) is 6.58. The Hall–Kier alpha value is -2.37. The van der Waals surface area contributed by atoms with Gasteiger partial charge in [-0.25, -0.2) is 0 Å². The number of unbranched alkanes of at least 4 members (excludes halogenated alkanes) is 32. The molecule has 0 N–H and O–H groups in total. The van der Waals surface area contributed by atoms with Gasteiger partial charge < -0.3 is 14.2 Å². The number of esters is 3. The fraction of sp³-hybridized carbons (Fsp3) is 0.839. The second-order valence-electron chi connectivity index (χ2n) is 18.2. The number of carbonyl (C=O) groups excluding carboxylic acids is 3. The summed E-state index contributed by atoms with van der Waals surface area (Å²) in [5, 5.41) is 0. The molecule has 0 aliphatic rings. The van der Waals surface area contributed by atoms with Crippen molar-refractivity contribution < 1.29 is 28.6 Å². The molecule has 6 nitrogen and oxygen atoms in total. The van der Waals surface area contributed by atoms with Crippen molar-refractivity contribution in [2.24, 2.45) is 0 Å². The molecule has 62 heavy (non-hydrogen) atoms. The van der Waals surface area contributed by atoms with E-state index in [4.69, 9.17) is 14.2 Å². The Balaban J connectivity index is 4.10. The van der Waals surface area contributed by atoms with Gasteiger partial charge in [-0.05, 0) is 57.8 Å². The van der Waals surface area contributed by atoms with Crippen LogP contribution in [0.4, 0.5) is 0 Å². The molecule has 1 atom stereocenters. The number of ether oxygens (including phenoxy) is 3. The van der Waals surface area contributed by atoms with Gasteiger partial charge in [0.1, 0.15) is 13.2 Å². The van der Waals surface area contributed by atoms with Crippen LogP contribution in [0.15, 0.2) is 36.5 Å². The van der Waals surface area contributed by atoms with E-state index in [1.54, 1.807) is 0 Å². The first-order chi connectivity index (χ1) is 30.5. The minimum atomic E-state index is -0.766. The second-order valence-corrected chi connectivity index (χ2v) is 18.2. The zero-order chi connectivity index (χ0) is 45.1. The van der Waals surface area contributed by atoms with E-state index in [1.807, 2.05) is 0 Å². The van der Waals surface area contributed by atoms with Crippen molar-refractivity contribution in [2.45, 2.75) is 290 Å². The first-order valence-corrected chi connectivity index (χ1v) is 27.0. The molecule has 0 aliphatic heterocycles. The van der Waals surface area contributed by atoms with E-state index in [0.717, 1.165) is 70.6 Å². The van der Waals surface area contributed by atoms with Crippen molar-refractivity contribution >= 4 is 17.9 Å². The van der Waals surface area contributed by atoms with Crippen LogP contribution in [0, 0.1) is 0 Å². The first-order valence-electron chi connectivity index (χ1n) is 27.0. The van der Waals surface area contributed by atoms with E-state index in [0.29, 0.717) is 19.3 Å². The van der Waals surface area contributed by atoms with Gasteiger partial charge in [0, 0.05) is 19.3 Å². The molecule has 0 aromatic heterocycles. The average molecular weight is 871 g/mol. The van der Waals surface area contributed by atoms with E-state index >= 15 is 0 Å². The van der Waals surface area contributed by atoms with Crippen molar-refractivity contribution in [3.05, 3.63) is 36.5 Å². The quantitative estimate of drug-likeness (QED) is 0.0262. The highest BCUT2D eigenvalue weighted by Crippen LogP contribution is 2.16. The van der Waals surface area contributed by atoms with Crippen LogP contribution in [-0.4, -0.2) is 37.2 Å². The third-order valence-electron chi connectivity index (χ3n) is 11.9. The topological polar surface area (TPSA) is 78.9 Å². The molecule has 0 heterocycles. The van der Waals surface area contributed by atoms with E-state index in [1.165, 1.54) is 173 Å². The van der Waals surface area contributed by atoms with Crippen LogP contribution in [0.3, 0.4) is 0 Å². The van der Waals surface area contributed by atoms with Crippen LogP contribution >= 0.6 is 0 Å². The van der Waals surface area contributed by atoms with E-state index < -0.39 is 6.10 Å². The first kappa shape index (κ1) is 59.6. The molecular weight excluding hydrogens is 769 g/mol. The summed E-state index contributed by atoms with van der Waals surface area (Å²) in [5.41, 5.74) is 0. The summed E-state index contributed by atoms with van der Waals surface area (Å²) >= 11 is 0. The van der Waals surface area contributed by atoms with Crippen molar-refractivity contribution in [3.63, 3.8) is 0 Å². The molecular formula is C56H102O6. The third-order valence-corrected chi connectivity index (χ3v) is 11.9. The van der Waals surface area contributed by atoms with Gasteiger partial charge in [0.15, 0.2) is 6.10 Å². The van der Waals surface area contributed by atoms with Gasteiger partial charge in [-0.2, -0.15) is 0 Å². The average Bonchev–Trinajstić information content (AvgIpc) is 3.27. The van der Waals surface area contributed by atoms with Crippen LogP contribution in [0.5, 0.6) is 0 Å². The number of carbonyl (C=O) groups is 3. The summed E-state index contributed by atoms with van der Waals surface area (Å²) in [7, 11) is 0. The predicted molar refractivity (Wildman–Crippen MR) is 266 cm³/mol. The molecule has 0 amide bonds. The Labute approximate surface area is 385 Å². The summed E-state index contributed by atoms with van der Waals surface area (Å²) < 4.78 is 16.7. The summed E-state index contributed by atoms with van der Waals surface area (Å²) in [6, 6.07) is 0. The minimum absolute atomic E-state index is 0.0705. The smallest absolute Gasteiger partial charge is 0.306 e. The highest BCUT2D eigenvalue weighted by atomic mass is 16.6. The highest BCUT2D eigenvalue weighted by Gasteiger charge is 2.19. The molecule has 1 unspecified atom stereocenters. The summed E-state index contributed by atoms with van der Waals surface area (Å²) in [6.07, 6.45) is 60.2. The molecule has 0 rings (SSSR count). The number of allylic oxidation sites excluding steroid dienone is 6. The Morgan fingerprint density at radius 2 is 0.581 bits per heavy atom. The zero-order valence-corrected chi connectivity index (χ0v) is 41.4. The van der Waals surface area contributed by atoms with Gasteiger partial charge in [0.05, 0.1) is 0 Å². The van der Waals surface area contributed by atoms with Gasteiger partial charge in [0.2, 0.25) is 0 Å². The van der Waals surface area contributed by atoms with Crippen LogP contribution in [-0.2, 0) is 28.6 Å². The SMILES string of the molecule is CCCCCCC/C=C\C/C=C\C/C=C\CCCCCCCCCCCCC(=O)OCC(COC(=O)CCCCCCCC)OC(=O)CCCCCCCCCCCCCCC. The normalized spacial score (nSPS) is 12.2. The Bertz CT molecular complexity index is 1050. The van der Waals surface area contributed by atoms with Crippen LogP contribution in [0.2, 0.25) is 0 Å². The van der Waals surface area contributed by atoms with Gasteiger partial charge in [0.25, 0.3) is 0 Å². The molecule has 362 valence electrons. The monoisotopic (exact) mass is 871 g/mol. The lowest BCUT2D eigenvalue weighted by Crippen LogP contribution is -2.30. The maximum absolute atomic E-state index is 12.7. The molecule has 0 saturated carbocycles. The van der Waals surface area contributed by atoms with E-state index in [2.05, 4.69) is 57.2 Å². The van der Waals surface area contributed by atoms with Gasteiger partial charge in [-0.1, -0.05) is 243 Å². The van der Waals surface area contributed by atoms with Crippen molar-refractivity contribution in [1.82, 2.24) is 0 Å². The fourth-order valence-electron chi connectivity index (χ4n) is 7.80. The Morgan fingerprint density at radius 3 is 0.903 bits per heavy atom. The molecule has 0 aromatic carbocycles. The standard InChI is InChI=1S/C56H102O6/c1-4-7-10-13-16-18-20-22-23-24-25-26-27-28-29-30-31-32-33-35-36-38-40-43-46-49-55(58)61-52-53(51-60-54(57)48-45-42-15-12-9-6-3)62-56(59)50-47-44-41-39-37-34-21-19-17-14-11-8-5-2/h20,22,24-25,27-28,53H,4-19,21,23,26,29-52H2,1-3H3/b22-20-,25-24-,28-27-. The maximum Gasteiger partial charge on any atom is 0.306 e. The van der Waals surface area contributed by atoms with Crippen molar-refractivity contribution in [3.8, 4) is 0 Å². The molecule has 0 spiro atoms. The molecule has 0 radical (unpaired) electrons. The summed E-state index contributed by atoms with van der Waals surface area (Å²) in [5.74, 6) is -0.873. The van der Waals surface area contributed by atoms with Crippen molar-refractivity contribution in [1.29, 1.82) is 0 Å².